The standard InChI is InChI=1S/C19H18N4O2S/c1-10-16-13(23-19(20)22-10)7-11(8-14(16)24)17-18(26-9-21-17)12-5-3-4-6-15(12)25-2/h3-6,9,11H,7-8H2,1-2H3,(H2,20,22,23). The van der Waals surface area contributed by atoms with E-state index in [0.29, 0.717) is 24.1 Å². The minimum absolute atomic E-state index is 0.0325. The number of carbonyl (C=O) groups excluding carboxylic acids is 1. The van der Waals surface area contributed by atoms with Crippen molar-refractivity contribution < 1.29 is 9.53 Å². The van der Waals surface area contributed by atoms with E-state index in [4.69, 9.17) is 10.5 Å². The van der Waals surface area contributed by atoms with Crippen molar-refractivity contribution in [1.82, 2.24) is 15.0 Å². The number of nitrogen functional groups attached to an aromatic ring is 1. The van der Waals surface area contributed by atoms with Crippen molar-refractivity contribution in [1.29, 1.82) is 0 Å². The molecule has 1 unspecified atom stereocenters. The average Bonchev–Trinajstić information content (AvgIpc) is 3.10. The summed E-state index contributed by atoms with van der Waals surface area (Å²) in [5, 5.41) is 0. The summed E-state index contributed by atoms with van der Waals surface area (Å²) >= 11 is 1.55. The summed E-state index contributed by atoms with van der Waals surface area (Å²) in [6.45, 7) is 1.80. The average molecular weight is 366 g/mol. The Kier molecular flexibility index (Phi) is 4.16. The molecule has 0 amide bonds. The van der Waals surface area contributed by atoms with Crippen LogP contribution < -0.4 is 10.5 Å². The number of hydrogen-bond donors (Lipinski definition) is 1. The number of aromatic nitrogens is 3. The van der Waals surface area contributed by atoms with Gasteiger partial charge in [-0.3, -0.25) is 4.79 Å². The fourth-order valence-corrected chi connectivity index (χ4v) is 4.48. The maximum atomic E-state index is 12.7. The number of Topliss-reactive ketones (excluding diaryl/α,β-unsaturated/α-hetero) is 1. The quantitative estimate of drug-likeness (QED) is 0.764. The molecular weight excluding hydrogens is 348 g/mol. The number of nitrogens with zero attached hydrogens (tertiary/aromatic N) is 3. The van der Waals surface area contributed by atoms with E-state index in [0.717, 1.165) is 27.6 Å². The van der Waals surface area contributed by atoms with Gasteiger partial charge < -0.3 is 10.5 Å². The monoisotopic (exact) mass is 366 g/mol. The van der Waals surface area contributed by atoms with Gasteiger partial charge in [-0.15, -0.1) is 11.3 Å². The van der Waals surface area contributed by atoms with Crippen molar-refractivity contribution in [3.05, 3.63) is 52.4 Å². The first-order valence-electron chi connectivity index (χ1n) is 8.31. The summed E-state index contributed by atoms with van der Waals surface area (Å²) in [5.41, 5.74) is 11.5. The Morgan fingerprint density at radius 1 is 1.23 bits per heavy atom. The van der Waals surface area contributed by atoms with Crippen LogP contribution in [0.2, 0.25) is 0 Å². The van der Waals surface area contributed by atoms with Crippen LogP contribution >= 0.6 is 11.3 Å². The Balaban J connectivity index is 1.77. The van der Waals surface area contributed by atoms with Crippen LogP contribution in [-0.4, -0.2) is 27.8 Å². The number of para-hydroxylation sites is 1. The predicted molar refractivity (Wildman–Crippen MR) is 101 cm³/mol. The number of anilines is 1. The highest BCUT2D eigenvalue weighted by atomic mass is 32.1. The lowest BCUT2D eigenvalue weighted by molar-refractivity contribution is 0.0961. The fourth-order valence-electron chi connectivity index (χ4n) is 3.57. The lowest BCUT2D eigenvalue weighted by Crippen LogP contribution is -2.23. The molecule has 0 saturated carbocycles. The van der Waals surface area contributed by atoms with Crippen LogP contribution in [0.25, 0.3) is 10.4 Å². The van der Waals surface area contributed by atoms with Crippen LogP contribution in [-0.2, 0) is 6.42 Å². The largest absolute Gasteiger partial charge is 0.496 e. The number of nitrogens with two attached hydrogens (primary N) is 1. The second-order valence-electron chi connectivity index (χ2n) is 6.28. The Hall–Kier alpha value is -2.80. The molecule has 132 valence electrons. The van der Waals surface area contributed by atoms with Gasteiger partial charge >= 0.3 is 0 Å². The second kappa shape index (κ2) is 6.49. The van der Waals surface area contributed by atoms with E-state index in [-0.39, 0.29) is 17.6 Å². The summed E-state index contributed by atoms with van der Waals surface area (Å²) in [6, 6.07) is 7.85. The number of aryl methyl sites for hydroxylation is 1. The van der Waals surface area contributed by atoms with E-state index in [9.17, 15) is 4.79 Å². The molecule has 1 atom stereocenters. The Morgan fingerprint density at radius 3 is 2.85 bits per heavy atom. The number of carbonyl (C=O) groups is 1. The Morgan fingerprint density at radius 2 is 2.04 bits per heavy atom. The SMILES string of the molecule is COc1ccccc1-c1scnc1C1CC(=O)c2c(C)nc(N)nc2C1. The summed E-state index contributed by atoms with van der Waals surface area (Å²) < 4.78 is 5.50. The zero-order valence-corrected chi connectivity index (χ0v) is 15.3. The number of rotatable bonds is 3. The van der Waals surface area contributed by atoms with Gasteiger partial charge in [0.25, 0.3) is 0 Å². The van der Waals surface area contributed by atoms with Gasteiger partial charge in [-0.25, -0.2) is 15.0 Å². The first kappa shape index (κ1) is 16.7. The van der Waals surface area contributed by atoms with E-state index < -0.39 is 0 Å². The third-order valence-electron chi connectivity index (χ3n) is 4.67. The second-order valence-corrected chi connectivity index (χ2v) is 7.14. The van der Waals surface area contributed by atoms with E-state index in [1.165, 1.54) is 0 Å². The number of ketones is 1. The van der Waals surface area contributed by atoms with E-state index >= 15 is 0 Å². The van der Waals surface area contributed by atoms with Gasteiger partial charge in [-0.05, 0) is 25.5 Å². The maximum Gasteiger partial charge on any atom is 0.220 e. The number of hydrogen-bond acceptors (Lipinski definition) is 7. The molecule has 2 heterocycles. The third-order valence-corrected chi connectivity index (χ3v) is 5.54. The maximum absolute atomic E-state index is 12.7. The summed E-state index contributed by atoms with van der Waals surface area (Å²) in [6.07, 6.45) is 1.02. The number of methoxy groups -OCH3 is 1. The highest BCUT2D eigenvalue weighted by Crippen LogP contribution is 2.41. The summed E-state index contributed by atoms with van der Waals surface area (Å²) in [7, 11) is 1.66. The van der Waals surface area contributed by atoms with Crippen LogP contribution in [0.3, 0.4) is 0 Å². The molecule has 0 aliphatic heterocycles. The molecule has 2 aromatic heterocycles. The summed E-state index contributed by atoms with van der Waals surface area (Å²) in [4.78, 5) is 26.8. The number of ether oxygens (including phenoxy) is 1. The normalized spacial score (nSPS) is 16.4. The van der Waals surface area contributed by atoms with Crippen molar-refractivity contribution >= 4 is 23.1 Å². The van der Waals surface area contributed by atoms with Crippen LogP contribution in [0, 0.1) is 6.92 Å². The molecule has 0 radical (unpaired) electrons. The van der Waals surface area contributed by atoms with E-state index in [2.05, 4.69) is 15.0 Å². The highest BCUT2D eigenvalue weighted by Gasteiger charge is 2.32. The molecule has 1 aliphatic rings. The fraction of sp³-hybridized carbons (Fsp3) is 0.263. The Labute approximate surface area is 155 Å². The smallest absolute Gasteiger partial charge is 0.220 e. The van der Waals surface area contributed by atoms with Crippen LogP contribution in [0.5, 0.6) is 5.75 Å². The number of fused-ring (bicyclic) bond motifs is 1. The summed E-state index contributed by atoms with van der Waals surface area (Å²) in [5.74, 6) is 1.02. The molecule has 7 heteroatoms. The van der Waals surface area contributed by atoms with Crippen molar-refractivity contribution in [3.8, 4) is 16.2 Å². The molecule has 1 aromatic carbocycles. The van der Waals surface area contributed by atoms with Gasteiger partial charge in [-0.2, -0.15) is 0 Å². The van der Waals surface area contributed by atoms with Gasteiger partial charge in [0, 0.05) is 17.9 Å². The molecule has 0 fully saturated rings. The molecule has 2 N–H and O–H groups in total. The zero-order chi connectivity index (χ0) is 18.3. The lowest BCUT2D eigenvalue weighted by atomic mass is 9.82. The van der Waals surface area contributed by atoms with Crippen molar-refractivity contribution in [3.63, 3.8) is 0 Å². The first-order valence-corrected chi connectivity index (χ1v) is 9.19. The molecule has 0 spiro atoms. The Bertz CT molecular complexity index is 999. The van der Waals surface area contributed by atoms with Crippen LogP contribution in [0.4, 0.5) is 5.95 Å². The highest BCUT2D eigenvalue weighted by molar-refractivity contribution is 7.13. The molecule has 3 aromatic rings. The number of benzene rings is 1. The molecular formula is C19H18N4O2S. The van der Waals surface area contributed by atoms with Crippen molar-refractivity contribution in [2.24, 2.45) is 0 Å². The molecule has 6 nitrogen and oxygen atoms in total. The van der Waals surface area contributed by atoms with Gasteiger partial charge in [0.15, 0.2) is 5.78 Å². The first-order chi connectivity index (χ1) is 12.6. The molecule has 0 bridgehead atoms. The zero-order valence-electron chi connectivity index (χ0n) is 14.5. The topological polar surface area (TPSA) is 91.0 Å². The van der Waals surface area contributed by atoms with E-state index in [1.807, 2.05) is 29.8 Å². The minimum atomic E-state index is -0.0325. The van der Waals surface area contributed by atoms with Crippen LogP contribution in [0.15, 0.2) is 29.8 Å². The van der Waals surface area contributed by atoms with E-state index in [1.54, 1.807) is 25.4 Å². The van der Waals surface area contributed by atoms with Gasteiger partial charge in [0.1, 0.15) is 5.75 Å². The van der Waals surface area contributed by atoms with Crippen LogP contribution in [0.1, 0.15) is 39.8 Å². The third kappa shape index (κ3) is 2.74. The molecule has 0 saturated heterocycles. The molecule has 26 heavy (non-hydrogen) atoms. The van der Waals surface area contributed by atoms with Crippen molar-refractivity contribution in [2.75, 3.05) is 12.8 Å². The van der Waals surface area contributed by atoms with Gasteiger partial charge in [0.2, 0.25) is 5.95 Å². The van der Waals surface area contributed by atoms with Crippen molar-refractivity contribution in [2.45, 2.75) is 25.7 Å². The predicted octanol–water partition coefficient (Wildman–Crippen LogP) is 3.41. The van der Waals surface area contributed by atoms with Gasteiger partial charge in [-0.1, -0.05) is 12.1 Å². The minimum Gasteiger partial charge on any atom is -0.496 e. The number of thiazole rings is 1. The molecule has 1 aliphatic carbocycles. The van der Waals surface area contributed by atoms with Gasteiger partial charge in [0.05, 0.1) is 40.1 Å². The lowest BCUT2D eigenvalue weighted by Gasteiger charge is -2.23. The molecule has 4 rings (SSSR count).